The summed E-state index contributed by atoms with van der Waals surface area (Å²) in [5.74, 6) is 0.106. The van der Waals surface area contributed by atoms with Crippen LogP contribution in [0.3, 0.4) is 0 Å². The Bertz CT molecular complexity index is 1290. The van der Waals surface area contributed by atoms with Crippen LogP contribution >= 0.6 is 0 Å². The highest BCUT2D eigenvalue weighted by atomic mass is 16.5. The summed E-state index contributed by atoms with van der Waals surface area (Å²) in [6, 6.07) is 12.2. The molecule has 0 saturated carbocycles. The Kier molecular flexibility index (Phi) is 5.26. The van der Waals surface area contributed by atoms with E-state index in [0.717, 1.165) is 5.52 Å². The molecular weight excluding hydrogens is 422 g/mol. The molecule has 5 rings (SSSR count). The third kappa shape index (κ3) is 3.50. The van der Waals surface area contributed by atoms with Crippen LogP contribution in [-0.2, 0) is 4.74 Å². The first-order valence-electron chi connectivity index (χ1n) is 10.8. The minimum absolute atomic E-state index is 0.252. The van der Waals surface area contributed by atoms with Crippen molar-refractivity contribution < 1.29 is 19.1 Å². The lowest BCUT2D eigenvalue weighted by molar-refractivity contribution is 0.0638. The first-order chi connectivity index (χ1) is 16.0. The average molecular weight is 445 g/mol. The summed E-state index contributed by atoms with van der Waals surface area (Å²) in [7, 11) is 3.49. The van der Waals surface area contributed by atoms with Gasteiger partial charge in [-0.15, -0.1) is 0 Å². The first kappa shape index (κ1) is 21.0. The number of aromatic nitrogens is 2. The number of imide groups is 1. The van der Waals surface area contributed by atoms with Crippen LogP contribution in [0, 0.1) is 0 Å². The zero-order valence-corrected chi connectivity index (χ0v) is 18.4. The average Bonchev–Trinajstić information content (AvgIpc) is 3.07. The Labute approximate surface area is 190 Å². The molecule has 0 atom stereocenters. The molecule has 0 N–H and O–H groups in total. The fraction of sp³-hybridized carbons (Fsp3) is 0.292. The van der Waals surface area contributed by atoms with Crippen LogP contribution in [0.5, 0.6) is 0 Å². The van der Waals surface area contributed by atoms with E-state index in [2.05, 4.69) is 0 Å². The molecule has 0 bridgehead atoms. The van der Waals surface area contributed by atoms with Crippen molar-refractivity contribution in [3.05, 3.63) is 59.2 Å². The van der Waals surface area contributed by atoms with E-state index in [1.807, 2.05) is 36.2 Å². The number of benzene rings is 2. The fourth-order valence-electron chi connectivity index (χ4n) is 4.23. The van der Waals surface area contributed by atoms with Crippen LogP contribution in [0.15, 0.2) is 42.5 Å². The van der Waals surface area contributed by atoms with E-state index in [1.165, 1.54) is 11.0 Å². The monoisotopic (exact) mass is 445 g/mol. The molecule has 9 nitrogen and oxygen atoms in total. The first-order valence-corrected chi connectivity index (χ1v) is 10.8. The van der Waals surface area contributed by atoms with E-state index in [0.29, 0.717) is 54.4 Å². The van der Waals surface area contributed by atoms with E-state index in [9.17, 15) is 14.4 Å². The van der Waals surface area contributed by atoms with Crippen molar-refractivity contribution in [1.29, 1.82) is 0 Å². The molecular formula is C24H23N5O4. The molecule has 2 aliphatic rings. The molecule has 33 heavy (non-hydrogen) atoms. The summed E-state index contributed by atoms with van der Waals surface area (Å²) in [5, 5.41) is 0. The number of amides is 3. The van der Waals surface area contributed by atoms with Gasteiger partial charge in [0.2, 0.25) is 0 Å². The van der Waals surface area contributed by atoms with Gasteiger partial charge in [-0.1, -0.05) is 12.1 Å². The molecule has 0 aliphatic carbocycles. The van der Waals surface area contributed by atoms with Crippen LogP contribution in [0.25, 0.3) is 11.0 Å². The number of nitrogens with zero attached hydrogens (tertiary/aromatic N) is 5. The highest BCUT2D eigenvalue weighted by molar-refractivity contribution is 6.22. The van der Waals surface area contributed by atoms with Gasteiger partial charge in [0.05, 0.1) is 22.2 Å². The minimum Gasteiger partial charge on any atom is -0.385 e. The number of methoxy groups -OCH3 is 1. The second kappa shape index (κ2) is 8.25. The smallest absolute Gasteiger partial charge is 0.261 e. The predicted octanol–water partition coefficient (Wildman–Crippen LogP) is 2.36. The zero-order valence-electron chi connectivity index (χ0n) is 18.4. The van der Waals surface area contributed by atoms with Gasteiger partial charge < -0.3 is 9.64 Å². The fourth-order valence-corrected chi connectivity index (χ4v) is 4.23. The number of carbonyl (C=O) groups is 3. The van der Waals surface area contributed by atoms with Gasteiger partial charge in [-0.05, 0) is 36.8 Å². The molecule has 0 unspecified atom stereocenters. The molecule has 2 aliphatic heterocycles. The van der Waals surface area contributed by atoms with Gasteiger partial charge in [0.1, 0.15) is 0 Å². The molecule has 9 heteroatoms. The van der Waals surface area contributed by atoms with E-state index in [1.54, 1.807) is 24.1 Å². The van der Waals surface area contributed by atoms with Crippen molar-refractivity contribution >= 4 is 40.4 Å². The van der Waals surface area contributed by atoms with Crippen LogP contribution in [-0.4, -0.2) is 73.0 Å². The molecule has 3 aromatic rings. The van der Waals surface area contributed by atoms with Crippen molar-refractivity contribution in [3.8, 4) is 0 Å². The third-order valence-corrected chi connectivity index (χ3v) is 6.00. The quantitative estimate of drug-likeness (QED) is 0.439. The van der Waals surface area contributed by atoms with Crippen molar-refractivity contribution in [3.63, 3.8) is 0 Å². The summed E-state index contributed by atoms with van der Waals surface area (Å²) >= 11 is 0. The third-order valence-electron chi connectivity index (χ3n) is 6.00. The number of anilines is 2. The number of hydrogen-bond donors (Lipinski definition) is 0. The maximum Gasteiger partial charge on any atom is 0.261 e. The number of carbonyl (C=O) groups excluding carboxylic acids is 3. The molecule has 168 valence electrons. The Morgan fingerprint density at radius 1 is 0.970 bits per heavy atom. The standard InChI is InChI=1S/C24H23N5O4/c1-27-11-12-28(21-20(27)25-18-6-3-4-7-19(18)26-21)22(30)15-8-9-16-17(14-15)24(32)29(23(16)31)10-5-13-33-2/h3-4,6-9,14H,5,10-13H2,1-2H3. The molecule has 0 saturated heterocycles. The number of ether oxygens (including phenoxy) is 1. The van der Waals surface area contributed by atoms with Crippen molar-refractivity contribution in [2.75, 3.05) is 50.2 Å². The van der Waals surface area contributed by atoms with Crippen LogP contribution in [0.2, 0.25) is 0 Å². The number of hydrogen-bond acceptors (Lipinski definition) is 7. The highest BCUT2D eigenvalue weighted by Gasteiger charge is 2.36. The lowest BCUT2D eigenvalue weighted by atomic mass is 10.0. The largest absolute Gasteiger partial charge is 0.385 e. The molecule has 0 radical (unpaired) electrons. The molecule has 3 amide bonds. The minimum atomic E-state index is -0.384. The zero-order chi connectivity index (χ0) is 23.1. The molecule has 3 heterocycles. The summed E-state index contributed by atoms with van der Waals surface area (Å²) in [5.41, 5.74) is 2.36. The van der Waals surface area contributed by atoms with Gasteiger partial charge in [0.15, 0.2) is 11.6 Å². The van der Waals surface area contributed by atoms with E-state index in [-0.39, 0.29) is 29.8 Å². The molecule has 1 aromatic heterocycles. The van der Waals surface area contributed by atoms with Crippen LogP contribution in [0.4, 0.5) is 11.6 Å². The summed E-state index contributed by atoms with van der Waals surface area (Å²) in [6.07, 6.45) is 0.554. The number of likely N-dealkylation sites (N-methyl/N-ethyl adjacent to an activating group) is 1. The van der Waals surface area contributed by atoms with Gasteiger partial charge in [-0.3, -0.25) is 24.2 Å². The van der Waals surface area contributed by atoms with Crippen molar-refractivity contribution in [2.24, 2.45) is 0 Å². The maximum absolute atomic E-state index is 13.5. The number of para-hydroxylation sites is 2. The normalized spacial score (nSPS) is 15.3. The Hall–Kier alpha value is -3.85. The second-order valence-electron chi connectivity index (χ2n) is 8.11. The summed E-state index contributed by atoms with van der Waals surface area (Å²) in [4.78, 5) is 53.2. The Balaban J connectivity index is 1.48. The van der Waals surface area contributed by atoms with Crippen LogP contribution in [0.1, 0.15) is 37.5 Å². The SMILES string of the molecule is COCCCN1C(=O)c2ccc(C(=O)N3CCN(C)c4nc5ccccc5nc43)cc2C1=O. The maximum atomic E-state index is 13.5. The predicted molar refractivity (Wildman–Crippen MR) is 123 cm³/mol. The summed E-state index contributed by atoms with van der Waals surface area (Å²) in [6.45, 7) is 1.76. The Morgan fingerprint density at radius 3 is 2.39 bits per heavy atom. The molecule has 0 fully saturated rings. The van der Waals surface area contributed by atoms with E-state index >= 15 is 0 Å². The summed E-state index contributed by atoms with van der Waals surface area (Å²) < 4.78 is 5.02. The van der Waals surface area contributed by atoms with Gasteiger partial charge >= 0.3 is 0 Å². The number of rotatable bonds is 5. The topological polar surface area (TPSA) is 95.9 Å². The van der Waals surface area contributed by atoms with E-state index in [4.69, 9.17) is 14.7 Å². The highest BCUT2D eigenvalue weighted by Crippen LogP contribution is 2.32. The lowest BCUT2D eigenvalue weighted by Crippen LogP contribution is -2.43. The Morgan fingerprint density at radius 2 is 1.67 bits per heavy atom. The molecule has 2 aromatic carbocycles. The van der Waals surface area contributed by atoms with Gasteiger partial charge in [0.25, 0.3) is 17.7 Å². The van der Waals surface area contributed by atoms with Crippen molar-refractivity contribution in [2.45, 2.75) is 6.42 Å². The molecule has 0 spiro atoms. The van der Waals surface area contributed by atoms with Crippen LogP contribution < -0.4 is 9.80 Å². The van der Waals surface area contributed by atoms with E-state index < -0.39 is 0 Å². The van der Waals surface area contributed by atoms with Gasteiger partial charge in [-0.2, -0.15) is 0 Å². The van der Waals surface area contributed by atoms with Crippen molar-refractivity contribution in [1.82, 2.24) is 14.9 Å². The van der Waals surface area contributed by atoms with Gasteiger partial charge in [0, 0.05) is 46.0 Å². The second-order valence-corrected chi connectivity index (χ2v) is 8.11. The lowest BCUT2D eigenvalue weighted by Gasteiger charge is -2.33. The van der Waals surface area contributed by atoms with Gasteiger partial charge in [-0.25, -0.2) is 9.97 Å². The number of fused-ring (bicyclic) bond motifs is 3.